The lowest BCUT2D eigenvalue weighted by Gasteiger charge is -2.35. The van der Waals surface area contributed by atoms with Crippen molar-refractivity contribution < 1.29 is 17.6 Å². The average molecular weight is 391 g/mol. The number of carbonyl (C=O) groups is 1. The number of nitrogens with zero attached hydrogens (tertiary/aromatic N) is 2. The first-order valence-electron chi connectivity index (χ1n) is 8.72. The van der Waals surface area contributed by atoms with E-state index in [0.29, 0.717) is 6.42 Å². The highest BCUT2D eigenvalue weighted by Crippen LogP contribution is 2.18. The van der Waals surface area contributed by atoms with E-state index in [2.05, 4.69) is 0 Å². The molecule has 1 atom stereocenters. The summed E-state index contributed by atoms with van der Waals surface area (Å²) in [4.78, 5) is 14.2. The van der Waals surface area contributed by atoms with Gasteiger partial charge in [-0.25, -0.2) is 12.8 Å². The van der Waals surface area contributed by atoms with Crippen molar-refractivity contribution in [3.8, 4) is 0 Å². The minimum absolute atomic E-state index is 0.0458. The maximum absolute atomic E-state index is 13.0. The molecular formula is C19H22FN3O3S. The Morgan fingerprint density at radius 2 is 1.59 bits per heavy atom. The van der Waals surface area contributed by atoms with E-state index in [4.69, 9.17) is 5.73 Å². The van der Waals surface area contributed by atoms with Crippen molar-refractivity contribution in [2.75, 3.05) is 26.2 Å². The molecule has 27 heavy (non-hydrogen) atoms. The molecule has 0 spiro atoms. The van der Waals surface area contributed by atoms with Gasteiger partial charge in [0.05, 0.1) is 10.9 Å². The van der Waals surface area contributed by atoms with Crippen molar-refractivity contribution in [3.05, 3.63) is 66.0 Å². The summed E-state index contributed by atoms with van der Waals surface area (Å²) in [5.41, 5.74) is 7.03. The van der Waals surface area contributed by atoms with Gasteiger partial charge in [0, 0.05) is 26.2 Å². The Morgan fingerprint density at radius 3 is 2.19 bits per heavy atom. The van der Waals surface area contributed by atoms with E-state index in [9.17, 15) is 17.6 Å². The van der Waals surface area contributed by atoms with E-state index in [0.717, 1.165) is 17.7 Å². The average Bonchev–Trinajstić information content (AvgIpc) is 2.68. The van der Waals surface area contributed by atoms with Gasteiger partial charge in [0.1, 0.15) is 5.82 Å². The first kappa shape index (κ1) is 19.5. The van der Waals surface area contributed by atoms with Gasteiger partial charge in [-0.2, -0.15) is 4.31 Å². The summed E-state index contributed by atoms with van der Waals surface area (Å²) in [5.74, 6) is -0.672. The number of piperazine rings is 1. The van der Waals surface area contributed by atoms with Crippen molar-refractivity contribution in [3.63, 3.8) is 0 Å². The zero-order valence-corrected chi connectivity index (χ0v) is 15.6. The lowest BCUT2D eigenvalue weighted by molar-refractivity contribution is -0.133. The molecule has 1 unspecified atom stereocenters. The summed E-state index contributed by atoms with van der Waals surface area (Å²) in [6.45, 7) is 0.927. The lowest BCUT2D eigenvalue weighted by atomic mass is 10.1. The van der Waals surface area contributed by atoms with Crippen LogP contribution in [0.3, 0.4) is 0 Å². The van der Waals surface area contributed by atoms with Crippen molar-refractivity contribution in [1.82, 2.24) is 9.21 Å². The second kappa shape index (κ2) is 8.16. The van der Waals surface area contributed by atoms with Crippen molar-refractivity contribution in [2.24, 2.45) is 5.73 Å². The van der Waals surface area contributed by atoms with Crippen molar-refractivity contribution in [1.29, 1.82) is 0 Å². The second-order valence-corrected chi connectivity index (χ2v) is 8.42. The number of rotatable bonds is 5. The molecule has 0 radical (unpaired) electrons. The maximum atomic E-state index is 13.0. The third-order valence-corrected chi connectivity index (χ3v) is 6.53. The van der Waals surface area contributed by atoms with Crippen molar-refractivity contribution in [2.45, 2.75) is 17.4 Å². The monoisotopic (exact) mass is 391 g/mol. The number of carbonyl (C=O) groups excluding carboxylic acids is 1. The smallest absolute Gasteiger partial charge is 0.243 e. The summed E-state index contributed by atoms with van der Waals surface area (Å²) in [6.07, 6.45) is 0.438. The number of amides is 1. The first-order chi connectivity index (χ1) is 12.9. The van der Waals surface area contributed by atoms with Gasteiger partial charge >= 0.3 is 0 Å². The second-order valence-electron chi connectivity index (χ2n) is 6.48. The predicted molar refractivity (Wildman–Crippen MR) is 99.9 cm³/mol. The van der Waals surface area contributed by atoms with Crippen LogP contribution in [0.2, 0.25) is 0 Å². The maximum Gasteiger partial charge on any atom is 0.243 e. The molecule has 2 aromatic carbocycles. The molecule has 3 rings (SSSR count). The van der Waals surface area contributed by atoms with Crippen LogP contribution in [0.1, 0.15) is 5.56 Å². The van der Waals surface area contributed by atoms with Crippen LogP contribution < -0.4 is 5.73 Å². The number of halogens is 1. The molecule has 0 bridgehead atoms. The van der Waals surface area contributed by atoms with Crippen LogP contribution in [-0.4, -0.2) is 55.8 Å². The van der Waals surface area contributed by atoms with Crippen molar-refractivity contribution >= 4 is 15.9 Å². The van der Waals surface area contributed by atoms with Gasteiger partial charge in [0.2, 0.25) is 15.9 Å². The molecule has 1 amide bonds. The standard InChI is InChI=1S/C19H22FN3O3S/c20-16-6-8-17(9-7-16)27(25,26)23-12-10-22(11-13-23)19(24)18(21)14-15-4-2-1-3-5-15/h1-9,18H,10-14,21H2. The summed E-state index contributed by atoms with van der Waals surface area (Å²) < 4.78 is 39.6. The molecule has 2 aromatic rings. The third kappa shape index (κ3) is 4.52. The van der Waals surface area contributed by atoms with Gasteiger partial charge in [-0.3, -0.25) is 4.79 Å². The Morgan fingerprint density at radius 1 is 1.00 bits per heavy atom. The SMILES string of the molecule is NC(Cc1ccccc1)C(=O)N1CCN(S(=O)(=O)c2ccc(F)cc2)CC1. The zero-order chi connectivity index (χ0) is 19.4. The molecule has 0 aliphatic carbocycles. The zero-order valence-electron chi connectivity index (χ0n) is 14.8. The van der Waals surface area contributed by atoms with Crippen LogP contribution >= 0.6 is 0 Å². The molecule has 1 saturated heterocycles. The number of sulfonamides is 1. The minimum atomic E-state index is -3.70. The number of benzene rings is 2. The fraction of sp³-hybridized carbons (Fsp3) is 0.316. The van der Waals surface area contributed by atoms with E-state index < -0.39 is 21.9 Å². The molecule has 2 N–H and O–H groups in total. The summed E-state index contributed by atoms with van der Waals surface area (Å²) in [7, 11) is -3.70. The fourth-order valence-corrected chi connectivity index (χ4v) is 4.52. The van der Waals surface area contributed by atoms with Crippen LogP contribution in [0.5, 0.6) is 0 Å². The Balaban J connectivity index is 1.59. The van der Waals surface area contributed by atoms with Crippen LogP contribution in [0, 0.1) is 5.82 Å². The first-order valence-corrected chi connectivity index (χ1v) is 10.2. The van der Waals surface area contributed by atoms with Gasteiger partial charge in [-0.15, -0.1) is 0 Å². The van der Waals surface area contributed by atoms with Gasteiger partial charge in [-0.05, 0) is 36.2 Å². The van der Waals surface area contributed by atoms with Gasteiger partial charge in [0.15, 0.2) is 0 Å². The highest BCUT2D eigenvalue weighted by molar-refractivity contribution is 7.89. The fourth-order valence-electron chi connectivity index (χ4n) is 3.09. The van der Waals surface area contributed by atoms with E-state index in [-0.39, 0.29) is 37.0 Å². The highest BCUT2D eigenvalue weighted by atomic mass is 32.2. The van der Waals surface area contributed by atoms with E-state index in [1.165, 1.54) is 16.4 Å². The highest BCUT2D eigenvalue weighted by Gasteiger charge is 2.31. The summed E-state index contributed by atoms with van der Waals surface area (Å²) in [5, 5.41) is 0. The molecule has 0 aromatic heterocycles. The summed E-state index contributed by atoms with van der Waals surface area (Å²) >= 11 is 0. The number of hydrogen-bond donors (Lipinski definition) is 1. The number of nitrogens with two attached hydrogens (primary N) is 1. The summed E-state index contributed by atoms with van der Waals surface area (Å²) in [6, 6.07) is 13.6. The van der Waals surface area contributed by atoms with Crippen LogP contribution in [-0.2, 0) is 21.2 Å². The predicted octanol–water partition coefficient (Wildman–Crippen LogP) is 1.23. The normalized spacial score (nSPS) is 16.9. The van der Waals surface area contributed by atoms with E-state index in [1.54, 1.807) is 4.90 Å². The topological polar surface area (TPSA) is 83.7 Å². The Bertz CT molecular complexity index is 880. The van der Waals surface area contributed by atoms with Gasteiger partial charge < -0.3 is 10.6 Å². The van der Waals surface area contributed by atoms with Gasteiger partial charge in [0.25, 0.3) is 0 Å². The van der Waals surface area contributed by atoms with Crippen LogP contribution in [0.15, 0.2) is 59.5 Å². The molecule has 1 aliphatic rings. The molecule has 1 aliphatic heterocycles. The van der Waals surface area contributed by atoms with Gasteiger partial charge in [-0.1, -0.05) is 30.3 Å². The minimum Gasteiger partial charge on any atom is -0.339 e. The lowest BCUT2D eigenvalue weighted by Crippen LogP contribution is -2.54. The Hall–Kier alpha value is -2.29. The third-order valence-electron chi connectivity index (χ3n) is 4.62. The molecule has 144 valence electrons. The quantitative estimate of drug-likeness (QED) is 0.831. The Labute approximate surface area is 158 Å². The number of hydrogen-bond acceptors (Lipinski definition) is 4. The molecule has 6 nitrogen and oxygen atoms in total. The molecular weight excluding hydrogens is 369 g/mol. The van der Waals surface area contributed by atoms with E-state index >= 15 is 0 Å². The van der Waals surface area contributed by atoms with E-state index in [1.807, 2.05) is 30.3 Å². The Kier molecular flexibility index (Phi) is 5.88. The molecule has 0 saturated carbocycles. The molecule has 8 heteroatoms. The van der Waals surface area contributed by atoms with Crippen LogP contribution in [0.25, 0.3) is 0 Å². The largest absolute Gasteiger partial charge is 0.339 e. The molecule has 1 heterocycles. The molecule has 1 fully saturated rings. The van der Waals surface area contributed by atoms with Crippen LogP contribution in [0.4, 0.5) is 4.39 Å².